The van der Waals surface area contributed by atoms with Gasteiger partial charge in [-0.1, -0.05) is 24.3 Å². The van der Waals surface area contributed by atoms with Gasteiger partial charge in [0.15, 0.2) is 5.82 Å². The van der Waals surface area contributed by atoms with Crippen LogP contribution in [-0.4, -0.2) is 49.7 Å². The molecule has 7 heteroatoms. The highest BCUT2D eigenvalue weighted by atomic mass is 15.6. The van der Waals surface area contributed by atoms with Crippen molar-refractivity contribution in [1.29, 1.82) is 0 Å². The molecule has 0 saturated carbocycles. The van der Waals surface area contributed by atoms with E-state index in [1.165, 1.54) is 0 Å². The van der Waals surface area contributed by atoms with E-state index in [0.29, 0.717) is 5.92 Å². The summed E-state index contributed by atoms with van der Waals surface area (Å²) >= 11 is 0. The summed E-state index contributed by atoms with van der Waals surface area (Å²) in [5.41, 5.74) is 0.993. The summed E-state index contributed by atoms with van der Waals surface area (Å²) in [5, 5.41) is 15.8. The SMILES string of the molecule is CC(c1nnnn1-c1ccccc1)N1CCC(CNc2ccccn2)C1. The molecule has 0 aliphatic carbocycles. The summed E-state index contributed by atoms with van der Waals surface area (Å²) in [7, 11) is 0. The molecule has 3 heterocycles. The van der Waals surface area contributed by atoms with Crippen LogP contribution in [0, 0.1) is 5.92 Å². The lowest BCUT2D eigenvalue weighted by Crippen LogP contribution is -2.28. The lowest BCUT2D eigenvalue weighted by molar-refractivity contribution is 0.242. The van der Waals surface area contributed by atoms with Gasteiger partial charge in [-0.05, 0) is 60.5 Å². The highest BCUT2D eigenvalue weighted by molar-refractivity contribution is 5.33. The molecular weight excluding hydrogens is 326 g/mol. The van der Waals surface area contributed by atoms with Crippen LogP contribution in [0.2, 0.25) is 0 Å². The lowest BCUT2D eigenvalue weighted by Gasteiger charge is -2.23. The average molecular weight is 349 g/mol. The largest absolute Gasteiger partial charge is 0.370 e. The number of likely N-dealkylation sites (tertiary alicyclic amines) is 1. The van der Waals surface area contributed by atoms with Crippen LogP contribution in [0.4, 0.5) is 5.82 Å². The number of nitrogens with one attached hydrogen (secondary N) is 1. The van der Waals surface area contributed by atoms with Gasteiger partial charge in [-0.2, -0.15) is 4.68 Å². The van der Waals surface area contributed by atoms with E-state index in [0.717, 1.165) is 43.4 Å². The van der Waals surface area contributed by atoms with E-state index in [1.54, 1.807) is 0 Å². The molecule has 1 saturated heterocycles. The molecule has 0 spiro atoms. The second-order valence-corrected chi connectivity index (χ2v) is 6.71. The molecule has 1 aliphatic rings. The molecule has 134 valence electrons. The highest BCUT2D eigenvalue weighted by Crippen LogP contribution is 2.27. The van der Waals surface area contributed by atoms with Gasteiger partial charge in [-0.3, -0.25) is 4.90 Å². The second kappa shape index (κ2) is 7.61. The van der Waals surface area contributed by atoms with Crippen LogP contribution in [0.25, 0.3) is 5.69 Å². The third-order valence-corrected chi connectivity index (χ3v) is 4.97. The summed E-state index contributed by atoms with van der Waals surface area (Å²) in [6.07, 6.45) is 2.98. The van der Waals surface area contributed by atoms with Crippen molar-refractivity contribution >= 4 is 5.82 Å². The normalized spacial score (nSPS) is 18.7. The van der Waals surface area contributed by atoms with Crippen molar-refractivity contribution in [1.82, 2.24) is 30.1 Å². The summed E-state index contributed by atoms with van der Waals surface area (Å²) < 4.78 is 1.84. The quantitative estimate of drug-likeness (QED) is 0.737. The van der Waals surface area contributed by atoms with Crippen molar-refractivity contribution < 1.29 is 0 Å². The maximum atomic E-state index is 4.33. The number of aromatic nitrogens is 5. The van der Waals surface area contributed by atoms with Crippen LogP contribution in [-0.2, 0) is 0 Å². The number of hydrogen-bond acceptors (Lipinski definition) is 6. The van der Waals surface area contributed by atoms with Crippen molar-refractivity contribution in [3.63, 3.8) is 0 Å². The Hall–Kier alpha value is -2.80. The molecule has 1 fully saturated rings. The van der Waals surface area contributed by atoms with E-state index in [9.17, 15) is 0 Å². The molecule has 2 atom stereocenters. The first-order valence-corrected chi connectivity index (χ1v) is 9.04. The number of tetrazole rings is 1. The van der Waals surface area contributed by atoms with E-state index in [-0.39, 0.29) is 6.04 Å². The Morgan fingerprint density at radius 3 is 2.81 bits per heavy atom. The van der Waals surface area contributed by atoms with Gasteiger partial charge in [0.05, 0.1) is 11.7 Å². The van der Waals surface area contributed by atoms with Crippen LogP contribution in [0.1, 0.15) is 25.2 Å². The first kappa shape index (κ1) is 16.7. The summed E-state index contributed by atoms with van der Waals surface area (Å²) in [4.78, 5) is 6.78. The number of pyridine rings is 1. The number of benzene rings is 1. The second-order valence-electron chi connectivity index (χ2n) is 6.71. The van der Waals surface area contributed by atoms with Gasteiger partial charge in [0.1, 0.15) is 5.82 Å². The van der Waals surface area contributed by atoms with E-state index >= 15 is 0 Å². The smallest absolute Gasteiger partial charge is 0.173 e. The number of hydrogen-bond donors (Lipinski definition) is 1. The zero-order valence-corrected chi connectivity index (χ0v) is 14.9. The van der Waals surface area contributed by atoms with Crippen LogP contribution in [0.15, 0.2) is 54.7 Å². The fourth-order valence-corrected chi connectivity index (χ4v) is 3.47. The van der Waals surface area contributed by atoms with Crippen LogP contribution >= 0.6 is 0 Å². The number of nitrogens with zero attached hydrogens (tertiary/aromatic N) is 6. The molecule has 1 N–H and O–H groups in total. The summed E-state index contributed by atoms with van der Waals surface area (Å²) in [6, 6.07) is 16.2. The first-order valence-electron chi connectivity index (χ1n) is 9.04. The minimum atomic E-state index is 0.171. The van der Waals surface area contributed by atoms with Crippen LogP contribution in [0.5, 0.6) is 0 Å². The Kier molecular flexibility index (Phi) is 4.88. The topological polar surface area (TPSA) is 71.8 Å². The molecule has 7 nitrogen and oxygen atoms in total. The third-order valence-electron chi connectivity index (χ3n) is 4.97. The lowest BCUT2D eigenvalue weighted by atomic mass is 10.1. The third kappa shape index (κ3) is 3.57. The standard InChI is InChI=1S/C19H23N7/c1-15(19-22-23-24-26(19)17-7-3-2-4-8-17)25-12-10-16(14-25)13-21-18-9-5-6-11-20-18/h2-9,11,15-16H,10,12-14H2,1H3,(H,20,21). The fourth-order valence-electron chi connectivity index (χ4n) is 3.47. The summed E-state index contributed by atoms with van der Waals surface area (Å²) in [5.74, 6) is 2.42. The van der Waals surface area contributed by atoms with Gasteiger partial charge >= 0.3 is 0 Å². The zero-order chi connectivity index (χ0) is 17.8. The Balaban J connectivity index is 1.39. The van der Waals surface area contributed by atoms with Crippen LogP contribution in [0.3, 0.4) is 0 Å². The number of anilines is 1. The molecule has 3 aromatic rings. The molecule has 0 bridgehead atoms. The molecule has 1 aromatic carbocycles. The molecule has 2 unspecified atom stereocenters. The Morgan fingerprint density at radius 2 is 2.00 bits per heavy atom. The predicted octanol–water partition coefficient (Wildman–Crippen LogP) is 2.55. The van der Waals surface area contributed by atoms with E-state index in [2.05, 4.69) is 37.6 Å². The molecule has 0 amide bonds. The molecule has 4 rings (SSSR count). The summed E-state index contributed by atoms with van der Waals surface area (Å²) in [6.45, 7) is 5.20. The predicted molar refractivity (Wildman–Crippen MR) is 100.0 cm³/mol. The van der Waals surface area contributed by atoms with Gasteiger partial charge < -0.3 is 5.32 Å². The maximum absolute atomic E-state index is 4.33. The Labute approximate surface area is 153 Å². The van der Waals surface area contributed by atoms with Crippen molar-refractivity contribution in [2.45, 2.75) is 19.4 Å². The first-order chi connectivity index (χ1) is 12.8. The highest BCUT2D eigenvalue weighted by Gasteiger charge is 2.29. The van der Waals surface area contributed by atoms with Crippen LogP contribution < -0.4 is 5.32 Å². The average Bonchev–Trinajstić information content (AvgIpc) is 3.37. The zero-order valence-electron chi connectivity index (χ0n) is 14.9. The van der Waals surface area contributed by atoms with Crippen molar-refractivity contribution in [2.75, 3.05) is 25.0 Å². The van der Waals surface area contributed by atoms with Gasteiger partial charge in [0.25, 0.3) is 0 Å². The van der Waals surface area contributed by atoms with Crippen molar-refractivity contribution in [3.05, 3.63) is 60.6 Å². The monoisotopic (exact) mass is 349 g/mol. The Morgan fingerprint density at radius 1 is 1.15 bits per heavy atom. The van der Waals surface area contributed by atoms with Gasteiger partial charge in [0.2, 0.25) is 0 Å². The molecule has 1 aliphatic heterocycles. The minimum Gasteiger partial charge on any atom is -0.370 e. The fraction of sp³-hybridized carbons (Fsp3) is 0.368. The molecule has 0 radical (unpaired) electrons. The van der Waals surface area contributed by atoms with Crippen molar-refractivity contribution in [2.24, 2.45) is 5.92 Å². The van der Waals surface area contributed by atoms with Crippen molar-refractivity contribution in [3.8, 4) is 5.69 Å². The number of para-hydroxylation sites is 1. The van der Waals surface area contributed by atoms with Gasteiger partial charge in [0, 0.05) is 19.3 Å². The maximum Gasteiger partial charge on any atom is 0.173 e. The molecule has 2 aromatic heterocycles. The number of rotatable bonds is 6. The molecule has 26 heavy (non-hydrogen) atoms. The van der Waals surface area contributed by atoms with E-state index in [4.69, 9.17) is 0 Å². The van der Waals surface area contributed by atoms with Gasteiger partial charge in [-0.25, -0.2) is 4.98 Å². The van der Waals surface area contributed by atoms with Gasteiger partial charge in [-0.15, -0.1) is 5.10 Å². The van der Waals surface area contributed by atoms with E-state index < -0.39 is 0 Å². The molecular formula is C19H23N7. The minimum absolute atomic E-state index is 0.171. The Bertz CT molecular complexity index is 818. The van der Waals surface area contributed by atoms with E-state index in [1.807, 2.05) is 59.4 Å².